The topological polar surface area (TPSA) is 23.5 Å². The van der Waals surface area contributed by atoms with Crippen LogP contribution < -0.4 is 0 Å². The van der Waals surface area contributed by atoms with Gasteiger partial charge in [-0.25, -0.2) is 0 Å². The van der Waals surface area contributed by atoms with E-state index in [9.17, 15) is 5.11 Å². The highest BCUT2D eigenvalue weighted by Gasteiger charge is 2.24. The molecular weight excluding hydrogens is 138 g/mol. The van der Waals surface area contributed by atoms with Crippen LogP contribution in [0, 0.1) is 5.92 Å². The summed E-state index contributed by atoms with van der Waals surface area (Å²) in [5.74, 6) is 0.554. The Balaban J connectivity index is 2.34. The highest BCUT2D eigenvalue weighted by atomic mass is 16.3. The zero-order valence-electron chi connectivity index (χ0n) is 7.58. The number of nitrogens with zero attached hydrogens (tertiary/aromatic N) is 1. The Morgan fingerprint density at radius 1 is 1.45 bits per heavy atom. The van der Waals surface area contributed by atoms with Crippen LogP contribution in [0.5, 0.6) is 0 Å². The zero-order valence-corrected chi connectivity index (χ0v) is 7.58. The third-order valence-corrected chi connectivity index (χ3v) is 2.78. The van der Waals surface area contributed by atoms with Crippen LogP contribution in [0.4, 0.5) is 0 Å². The predicted molar refractivity (Wildman–Crippen MR) is 46.5 cm³/mol. The molecule has 0 aromatic carbocycles. The molecule has 1 aliphatic rings. The minimum atomic E-state index is -0.0753. The van der Waals surface area contributed by atoms with Crippen LogP contribution >= 0.6 is 0 Å². The van der Waals surface area contributed by atoms with Gasteiger partial charge in [0.15, 0.2) is 0 Å². The molecule has 1 aliphatic heterocycles. The van der Waals surface area contributed by atoms with Crippen LogP contribution in [0.15, 0.2) is 0 Å². The van der Waals surface area contributed by atoms with Crippen molar-refractivity contribution in [3.63, 3.8) is 0 Å². The molecule has 1 saturated heterocycles. The fourth-order valence-corrected chi connectivity index (χ4v) is 1.81. The van der Waals surface area contributed by atoms with Gasteiger partial charge in [-0.05, 0) is 25.4 Å². The third kappa shape index (κ3) is 2.17. The molecule has 0 radical (unpaired) electrons. The lowest BCUT2D eigenvalue weighted by Crippen LogP contribution is -2.43. The molecule has 0 aromatic rings. The maximum Gasteiger partial charge on any atom is 0.0695 e. The number of hydrogen-bond donors (Lipinski definition) is 1. The fourth-order valence-electron chi connectivity index (χ4n) is 1.81. The largest absolute Gasteiger partial charge is 0.392 e. The first-order valence-electron chi connectivity index (χ1n) is 4.68. The maximum atomic E-state index is 9.63. The Morgan fingerprint density at radius 2 is 2.18 bits per heavy atom. The highest BCUT2D eigenvalue weighted by molar-refractivity contribution is 4.78. The molecule has 1 heterocycles. The lowest BCUT2D eigenvalue weighted by atomic mass is 9.92. The van der Waals surface area contributed by atoms with Crippen LogP contribution in [0.2, 0.25) is 0 Å². The Morgan fingerprint density at radius 3 is 2.64 bits per heavy atom. The molecule has 0 amide bonds. The number of hydrogen-bond acceptors (Lipinski definition) is 2. The van der Waals surface area contributed by atoms with E-state index in [0.29, 0.717) is 5.92 Å². The van der Waals surface area contributed by atoms with Crippen molar-refractivity contribution < 1.29 is 5.11 Å². The summed E-state index contributed by atoms with van der Waals surface area (Å²) >= 11 is 0. The average molecular weight is 157 g/mol. The second-order valence-corrected chi connectivity index (χ2v) is 3.42. The van der Waals surface area contributed by atoms with Crippen molar-refractivity contribution in [2.45, 2.75) is 32.8 Å². The normalized spacial score (nSPS) is 34.1. The molecular formula is C9H19NO. The van der Waals surface area contributed by atoms with Gasteiger partial charge in [-0.1, -0.05) is 20.3 Å². The molecule has 1 rings (SSSR count). The van der Waals surface area contributed by atoms with Gasteiger partial charge < -0.3 is 10.0 Å². The summed E-state index contributed by atoms with van der Waals surface area (Å²) in [4.78, 5) is 2.32. The van der Waals surface area contributed by atoms with Crippen LogP contribution in [0.3, 0.4) is 0 Å². The maximum absolute atomic E-state index is 9.63. The predicted octanol–water partition coefficient (Wildman–Crippen LogP) is 1.10. The number of aliphatic hydroxyl groups excluding tert-OH is 1. The van der Waals surface area contributed by atoms with Gasteiger partial charge in [-0.15, -0.1) is 0 Å². The zero-order chi connectivity index (χ0) is 8.27. The van der Waals surface area contributed by atoms with Crippen molar-refractivity contribution in [3.8, 4) is 0 Å². The van der Waals surface area contributed by atoms with E-state index in [0.717, 1.165) is 19.5 Å². The van der Waals surface area contributed by atoms with Crippen LogP contribution in [0.1, 0.15) is 26.7 Å². The Labute approximate surface area is 69.2 Å². The number of aliphatic hydroxyl groups is 1. The van der Waals surface area contributed by atoms with E-state index in [-0.39, 0.29) is 6.10 Å². The van der Waals surface area contributed by atoms with Gasteiger partial charge in [0, 0.05) is 6.54 Å². The summed E-state index contributed by atoms with van der Waals surface area (Å²) in [6.45, 7) is 7.45. The third-order valence-electron chi connectivity index (χ3n) is 2.78. The van der Waals surface area contributed by atoms with E-state index < -0.39 is 0 Å². The number of β-amino-alcohol motifs (C(OH)–C–C–N with tert-alkyl or cyclic N) is 1. The van der Waals surface area contributed by atoms with Crippen LogP contribution in [0.25, 0.3) is 0 Å². The van der Waals surface area contributed by atoms with Crippen molar-refractivity contribution in [2.75, 3.05) is 19.6 Å². The van der Waals surface area contributed by atoms with E-state index in [4.69, 9.17) is 0 Å². The number of piperidine rings is 1. The van der Waals surface area contributed by atoms with E-state index in [1.165, 1.54) is 13.0 Å². The van der Waals surface area contributed by atoms with Crippen molar-refractivity contribution >= 4 is 0 Å². The van der Waals surface area contributed by atoms with E-state index >= 15 is 0 Å². The molecule has 0 aromatic heterocycles. The molecule has 2 nitrogen and oxygen atoms in total. The summed E-state index contributed by atoms with van der Waals surface area (Å²) in [5, 5.41) is 9.63. The van der Waals surface area contributed by atoms with Gasteiger partial charge in [-0.2, -0.15) is 0 Å². The minimum absolute atomic E-state index is 0.0753. The monoisotopic (exact) mass is 157 g/mol. The van der Waals surface area contributed by atoms with Gasteiger partial charge in [0.2, 0.25) is 0 Å². The minimum Gasteiger partial charge on any atom is -0.392 e. The lowest BCUT2D eigenvalue weighted by Gasteiger charge is -2.34. The molecule has 0 bridgehead atoms. The number of likely N-dealkylation sites (N-methyl/N-ethyl adjacent to an activating group) is 1. The van der Waals surface area contributed by atoms with Crippen molar-refractivity contribution in [1.29, 1.82) is 0 Å². The van der Waals surface area contributed by atoms with Gasteiger partial charge in [0.1, 0.15) is 0 Å². The van der Waals surface area contributed by atoms with E-state index in [1.54, 1.807) is 0 Å². The summed E-state index contributed by atoms with van der Waals surface area (Å²) in [6.07, 6.45) is 2.22. The average Bonchev–Trinajstić information content (AvgIpc) is 2.04. The highest BCUT2D eigenvalue weighted by Crippen LogP contribution is 2.19. The van der Waals surface area contributed by atoms with Gasteiger partial charge >= 0.3 is 0 Å². The lowest BCUT2D eigenvalue weighted by molar-refractivity contribution is 0.0226. The van der Waals surface area contributed by atoms with Crippen LogP contribution in [-0.2, 0) is 0 Å². The first kappa shape index (κ1) is 9.01. The summed E-state index contributed by atoms with van der Waals surface area (Å²) in [7, 11) is 0. The first-order valence-corrected chi connectivity index (χ1v) is 4.68. The first-order chi connectivity index (χ1) is 5.27. The van der Waals surface area contributed by atoms with Gasteiger partial charge in [0.05, 0.1) is 6.10 Å². The molecule has 2 heteroatoms. The van der Waals surface area contributed by atoms with E-state index in [2.05, 4.69) is 18.7 Å². The molecule has 2 atom stereocenters. The quantitative estimate of drug-likeness (QED) is 0.649. The second kappa shape index (κ2) is 4.07. The molecule has 0 aliphatic carbocycles. The van der Waals surface area contributed by atoms with Crippen molar-refractivity contribution in [2.24, 2.45) is 5.92 Å². The van der Waals surface area contributed by atoms with Crippen molar-refractivity contribution in [1.82, 2.24) is 4.90 Å². The van der Waals surface area contributed by atoms with Crippen LogP contribution in [-0.4, -0.2) is 35.7 Å². The molecule has 1 unspecified atom stereocenters. The molecule has 1 fully saturated rings. The molecule has 11 heavy (non-hydrogen) atoms. The summed E-state index contributed by atoms with van der Waals surface area (Å²) < 4.78 is 0. The Bertz CT molecular complexity index is 116. The van der Waals surface area contributed by atoms with Crippen molar-refractivity contribution in [3.05, 3.63) is 0 Å². The molecule has 66 valence electrons. The smallest absolute Gasteiger partial charge is 0.0695 e. The molecule has 0 saturated carbocycles. The summed E-state index contributed by atoms with van der Waals surface area (Å²) in [5.41, 5.74) is 0. The Kier molecular flexibility index (Phi) is 3.34. The number of rotatable bonds is 2. The van der Waals surface area contributed by atoms with E-state index in [1.807, 2.05) is 0 Å². The Hall–Kier alpha value is -0.0800. The number of likely N-dealkylation sites (tertiary alicyclic amines) is 1. The SMILES string of the molecule is CCC1CCN(CC)C[C@H]1O. The fraction of sp³-hybridized carbons (Fsp3) is 1.00. The summed E-state index contributed by atoms with van der Waals surface area (Å²) in [6, 6.07) is 0. The standard InChI is InChI=1S/C9H19NO/c1-3-8-5-6-10(4-2)7-9(8)11/h8-9,11H,3-7H2,1-2H3/t8?,9-/m1/s1. The second-order valence-electron chi connectivity index (χ2n) is 3.42. The van der Waals surface area contributed by atoms with Gasteiger partial charge in [-0.3, -0.25) is 0 Å². The molecule has 0 spiro atoms. The molecule has 1 N–H and O–H groups in total. The van der Waals surface area contributed by atoms with Gasteiger partial charge in [0.25, 0.3) is 0 Å².